The molecular weight excluding hydrogens is 481 g/mol. The second-order valence-corrected chi connectivity index (χ2v) is 13.2. The van der Waals surface area contributed by atoms with Crippen molar-refractivity contribution in [1.82, 2.24) is 10.6 Å². The molecule has 3 saturated carbocycles. The fourth-order valence-corrected chi connectivity index (χ4v) is 7.02. The molecule has 4 aliphatic rings. The Morgan fingerprint density at radius 2 is 1.66 bits per heavy atom. The summed E-state index contributed by atoms with van der Waals surface area (Å²) in [4.78, 5) is 37.7. The molecule has 216 valence electrons. The van der Waals surface area contributed by atoms with Gasteiger partial charge in [-0.1, -0.05) is 73.1 Å². The minimum Gasteiger partial charge on any atom is -0.404 e. The average molecular weight is 534 g/mol. The first-order chi connectivity index (χ1) is 17.9. The summed E-state index contributed by atoms with van der Waals surface area (Å²) in [6.45, 7) is 13.2. The fourth-order valence-electron chi connectivity index (χ4n) is 7.02. The molecular formula is C29H52BN3O5. The van der Waals surface area contributed by atoms with Crippen LogP contribution < -0.4 is 16.4 Å². The van der Waals surface area contributed by atoms with Crippen LogP contribution in [-0.4, -0.2) is 48.5 Å². The van der Waals surface area contributed by atoms with Crippen molar-refractivity contribution < 1.29 is 23.7 Å². The molecule has 4 N–H and O–H groups in total. The highest BCUT2D eigenvalue weighted by Gasteiger charge is 2.68. The molecule has 38 heavy (non-hydrogen) atoms. The number of carbonyl (C=O) groups excluding carboxylic acids is 3. The predicted molar refractivity (Wildman–Crippen MR) is 150 cm³/mol. The number of primary amides is 1. The van der Waals surface area contributed by atoms with Crippen molar-refractivity contribution in [2.45, 2.75) is 142 Å². The lowest BCUT2D eigenvalue weighted by atomic mass is 9.43. The van der Waals surface area contributed by atoms with E-state index < -0.39 is 25.0 Å². The van der Waals surface area contributed by atoms with E-state index in [9.17, 15) is 14.4 Å². The standard InChI is InChI=1S/C29H52BN3O5/c1-7-8-9-10-11-12-13-14-26(35)32-21(18-25(31)34)27(36)33-24(15-19(2)3)30-37-23-17-20-16-22(28(20,4)5)29(23,6)38-30/h19-24H,7-18H2,1-6H3,(H2,31,34)(H,32,35)(H,33,36)/t20-,21+,22-,23-,24+,29+/m1/s1. The van der Waals surface area contributed by atoms with Crippen LogP contribution in [0, 0.1) is 23.2 Å². The Morgan fingerprint density at radius 3 is 2.26 bits per heavy atom. The van der Waals surface area contributed by atoms with Gasteiger partial charge in [-0.15, -0.1) is 0 Å². The number of unbranched alkanes of at least 4 members (excludes halogenated alkanes) is 6. The molecule has 2 bridgehead atoms. The van der Waals surface area contributed by atoms with Crippen LogP contribution in [0.3, 0.4) is 0 Å². The maximum Gasteiger partial charge on any atom is 0.481 e. The molecule has 1 heterocycles. The van der Waals surface area contributed by atoms with Crippen LogP contribution in [0.5, 0.6) is 0 Å². The Balaban J connectivity index is 1.58. The first-order valence-electron chi connectivity index (χ1n) is 15.1. The summed E-state index contributed by atoms with van der Waals surface area (Å²) in [5, 5.41) is 5.82. The molecule has 0 unspecified atom stereocenters. The maximum atomic E-state index is 13.4. The van der Waals surface area contributed by atoms with Crippen LogP contribution >= 0.6 is 0 Å². The van der Waals surface area contributed by atoms with Crippen LogP contribution in [0.15, 0.2) is 0 Å². The number of carbonyl (C=O) groups is 3. The number of rotatable bonds is 16. The van der Waals surface area contributed by atoms with E-state index in [1.807, 2.05) is 0 Å². The van der Waals surface area contributed by atoms with Crippen molar-refractivity contribution in [2.24, 2.45) is 28.9 Å². The molecule has 0 radical (unpaired) electrons. The highest BCUT2D eigenvalue weighted by atomic mass is 16.7. The van der Waals surface area contributed by atoms with Gasteiger partial charge in [0.15, 0.2) is 0 Å². The van der Waals surface area contributed by atoms with Crippen LogP contribution in [-0.2, 0) is 23.7 Å². The van der Waals surface area contributed by atoms with Gasteiger partial charge in [-0.05, 0) is 55.8 Å². The zero-order valence-corrected chi connectivity index (χ0v) is 24.6. The summed E-state index contributed by atoms with van der Waals surface area (Å²) in [6.07, 6.45) is 10.6. The van der Waals surface area contributed by atoms with E-state index in [4.69, 9.17) is 15.0 Å². The molecule has 6 atom stereocenters. The zero-order valence-electron chi connectivity index (χ0n) is 24.6. The van der Waals surface area contributed by atoms with E-state index in [1.54, 1.807) is 0 Å². The van der Waals surface area contributed by atoms with Crippen molar-refractivity contribution in [1.29, 1.82) is 0 Å². The molecule has 1 aliphatic heterocycles. The van der Waals surface area contributed by atoms with E-state index in [-0.39, 0.29) is 41.3 Å². The smallest absolute Gasteiger partial charge is 0.404 e. The quantitative estimate of drug-likeness (QED) is 0.202. The molecule has 4 rings (SSSR count). The first-order valence-corrected chi connectivity index (χ1v) is 15.1. The Kier molecular flexibility index (Phi) is 10.7. The van der Waals surface area contributed by atoms with E-state index >= 15 is 0 Å². The Morgan fingerprint density at radius 1 is 1.00 bits per heavy atom. The summed E-state index contributed by atoms with van der Waals surface area (Å²) in [5.74, 6) is -0.315. The van der Waals surface area contributed by atoms with Crippen LogP contribution in [0.1, 0.15) is 119 Å². The number of nitrogens with one attached hydrogen (secondary N) is 2. The van der Waals surface area contributed by atoms with E-state index in [0.29, 0.717) is 24.7 Å². The van der Waals surface area contributed by atoms with Gasteiger partial charge in [-0.3, -0.25) is 14.4 Å². The number of hydrogen-bond acceptors (Lipinski definition) is 5. The van der Waals surface area contributed by atoms with Crippen LogP contribution in [0.2, 0.25) is 0 Å². The minimum absolute atomic E-state index is 0.0129. The lowest BCUT2D eigenvalue weighted by molar-refractivity contribution is -0.199. The van der Waals surface area contributed by atoms with Gasteiger partial charge in [0, 0.05) is 6.42 Å². The Labute approximate surface area is 230 Å². The fraction of sp³-hybridized carbons (Fsp3) is 0.897. The van der Waals surface area contributed by atoms with Crippen molar-refractivity contribution in [3.8, 4) is 0 Å². The van der Waals surface area contributed by atoms with Crippen molar-refractivity contribution >= 4 is 24.8 Å². The molecule has 8 nitrogen and oxygen atoms in total. The molecule has 0 aromatic rings. The van der Waals surface area contributed by atoms with E-state index in [0.717, 1.165) is 32.1 Å². The van der Waals surface area contributed by atoms with Crippen molar-refractivity contribution in [3.05, 3.63) is 0 Å². The normalized spacial score (nSPS) is 28.8. The molecule has 4 fully saturated rings. The van der Waals surface area contributed by atoms with Gasteiger partial charge in [0.05, 0.1) is 24.1 Å². The molecule has 3 amide bonds. The second-order valence-electron chi connectivity index (χ2n) is 13.2. The summed E-state index contributed by atoms with van der Waals surface area (Å²) in [6, 6.07) is -1.01. The SMILES string of the molecule is CCCCCCCCCC(=O)N[C@@H](CC(N)=O)C(=O)N[C@@H](CC(C)C)B1O[C@@H]2C[C@H]3C[C@H](C3(C)C)[C@]2(C)O1. The first kappa shape index (κ1) is 30.9. The van der Waals surface area contributed by atoms with Gasteiger partial charge in [-0.25, -0.2) is 0 Å². The highest BCUT2D eigenvalue weighted by Crippen LogP contribution is 2.65. The monoisotopic (exact) mass is 533 g/mol. The molecule has 0 aromatic heterocycles. The van der Waals surface area contributed by atoms with Gasteiger partial charge in [-0.2, -0.15) is 0 Å². The maximum absolute atomic E-state index is 13.4. The number of hydrogen-bond donors (Lipinski definition) is 3. The lowest BCUT2D eigenvalue weighted by Crippen LogP contribution is -2.65. The Hall–Kier alpha value is -1.61. The van der Waals surface area contributed by atoms with Gasteiger partial charge in [0.2, 0.25) is 17.7 Å². The van der Waals surface area contributed by atoms with Gasteiger partial charge < -0.3 is 25.7 Å². The van der Waals surface area contributed by atoms with E-state index in [1.165, 1.54) is 25.7 Å². The van der Waals surface area contributed by atoms with Gasteiger partial charge >= 0.3 is 7.12 Å². The van der Waals surface area contributed by atoms with Gasteiger partial charge in [0.1, 0.15) is 6.04 Å². The molecule has 1 saturated heterocycles. The minimum atomic E-state index is -1.01. The summed E-state index contributed by atoms with van der Waals surface area (Å²) < 4.78 is 13.1. The zero-order chi connectivity index (χ0) is 28.1. The topological polar surface area (TPSA) is 120 Å². The van der Waals surface area contributed by atoms with Crippen molar-refractivity contribution in [2.75, 3.05) is 0 Å². The molecule has 9 heteroatoms. The average Bonchev–Trinajstić information content (AvgIpc) is 3.19. The molecule has 0 spiro atoms. The third-order valence-corrected chi connectivity index (χ3v) is 9.41. The highest BCUT2D eigenvalue weighted by molar-refractivity contribution is 6.48. The third-order valence-electron chi connectivity index (χ3n) is 9.41. The van der Waals surface area contributed by atoms with Crippen LogP contribution in [0.4, 0.5) is 0 Å². The largest absolute Gasteiger partial charge is 0.481 e. The summed E-state index contributed by atoms with van der Waals surface area (Å²) >= 11 is 0. The summed E-state index contributed by atoms with van der Waals surface area (Å²) in [7, 11) is -0.566. The predicted octanol–water partition coefficient (Wildman–Crippen LogP) is 4.29. The van der Waals surface area contributed by atoms with Gasteiger partial charge in [0.25, 0.3) is 0 Å². The third kappa shape index (κ3) is 7.32. The molecule has 0 aromatic carbocycles. The lowest BCUT2D eigenvalue weighted by Gasteiger charge is -2.64. The number of nitrogens with two attached hydrogens (primary N) is 1. The Bertz CT molecular complexity index is 837. The van der Waals surface area contributed by atoms with E-state index in [2.05, 4.69) is 52.2 Å². The van der Waals surface area contributed by atoms with Crippen molar-refractivity contribution in [3.63, 3.8) is 0 Å². The second kappa shape index (κ2) is 13.2. The summed E-state index contributed by atoms with van der Waals surface area (Å²) in [5.41, 5.74) is 5.30. The molecule has 3 aliphatic carbocycles. The number of amides is 3. The van der Waals surface area contributed by atoms with Crippen LogP contribution in [0.25, 0.3) is 0 Å².